The van der Waals surface area contributed by atoms with Gasteiger partial charge in [0, 0.05) is 19.7 Å². The summed E-state index contributed by atoms with van der Waals surface area (Å²) in [5.41, 5.74) is 8.89. The van der Waals surface area contributed by atoms with Gasteiger partial charge in [0.2, 0.25) is 0 Å². The first-order valence-corrected chi connectivity index (χ1v) is 7.28. The van der Waals surface area contributed by atoms with E-state index in [1.165, 1.54) is 0 Å². The van der Waals surface area contributed by atoms with Gasteiger partial charge in [0.25, 0.3) is 0 Å². The molecule has 2 heterocycles. The fourth-order valence-electron chi connectivity index (χ4n) is 2.37. The molecule has 0 fully saturated rings. The monoisotopic (exact) mass is 320 g/mol. The Labute approximate surface area is 132 Å². The van der Waals surface area contributed by atoms with E-state index in [0.717, 1.165) is 16.9 Å². The van der Waals surface area contributed by atoms with Crippen molar-refractivity contribution in [2.45, 2.75) is 12.5 Å². The number of hydrogen-bond donors (Lipinski definition) is 1. The molecule has 1 aromatic carbocycles. The lowest BCUT2D eigenvalue weighted by atomic mass is 10.1. The maximum absolute atomic E-state index is 6.23. The van der Waals surface area contributed by atoms with Gasteiger partial charge < -0.3 is 10.3 Å². The van der Waals surface area contributed by atoms with Gasteiger partial charge in [-0.15, -0.1) is 0 Å². The molecule has 0 aliphatic rings. The number of rotatable bonds is 3. The molecule has 0 bridgehead atoms. The van der Waals surface area contributed by atoms with E-state index in [2.05, 4.69) is 9.97 Å². The first-order valence-electron chi connectivity index (χ1n) is 6.53. The van der Waals surface area contributed by atoms with Crippen LogP contribution in [0.1, 0.15) is 17.6 Å². The predicted octanol–water partition coefficient (Wildman–Crippen LogP) is 3.52. The van der Waals surface area contributed by atoms with Crippen LogP contribution in [0.15, 0.2) is 36.5 Å². The van der Waals surface area contributed by atoms with Crippen LogP contribution in [0.3, 0.4) is 0 Å². The second kappa shape index (κ2) is 5.64. The second-order valence-corrected chi connectivity index (χ2v) is 5.75. The Balaban J connectivity index is 1.92. The molecule has 0 spiro atoms. The maximum Gasteiger partial charge on any atom is 0.111 e. The van der Waals surface area contributed by atoms with Gasteiger partial charge in [0.15, 0.2) is 0 Å². The lowest BCUT2D eigenvalue weighted by molar-refractivity contribution is 0.648. The van der Waals surface area contributed by atoms with Gasteiger partial charge in [-0.05, 0) is 18.2 Å². The smallest absolute Gasteiger partial charge is 0.111 e. The molecule has 3 aromatic rings. The van der Waals surface area contributed by atoms with Crippen molar-refractivity contribution in [3.63, 3.8) is 0 Å². The Morgan fingerprint density at radius 1 is 1.29 bits per heavy atom. The summed E-state index contributed by atoms with van der Waals surface area (Å²) in [6.07, 6.45) is 2.11. The molecule has 4 nitrogen and oxygen atoms in total. The minimum Gasteiger partial charge on any atom is -0.331 e. The van der Waals surface area contributed by atoms with E-state index in [4.69, 9.17) is 28.9 Å². The van der Waals surface area contributed by atoms with Crippen LogP contribution in [-0.2, 0) is 13.5 Å². The zero-order valence-electron chi connectivity index (χ0n) is 11.4. The van der Waals surface area contributed by atoms with Crippen LogP contribution in [-0.4, -0.2) is 14.5 Å². The zero-order valence-corrected chi connectivity index (χ0v) is 12.9. The Bertz CT molecular complexity index is 797. The van der Waals surface area contributed by atoms with Crippen molar-refractivity contribution in [3.05, 3.63) is 58.1 Å². The van der Waals surface area contributed by atoms with Gasteiger partial charge in [-0.25, -0.2) is 4.98 Å². The van der Waals surface area contributed by atoms with E-state index in [1.54, 1.807) is 12.3 Å². The van der Waals surface area contributed by atoms with E-state index in [9.17, 15) is 0 Å². The second-order valence-electron chi connectivity index (χ2n) is 4.91. The normalized spacial score (nSPS) is 12.8. The first-order chi connectivity index (χ1) is 10.1. The van der Waals surface area contributed by atoms with Crippen LogP contribution in [0.25, 0.3) is 11.0 Å². The Morgan fingerprint density at radius 2 is 2.05 bits per heavy atom. The Kier molecular flexibility index (Phi) is 3.85. The van der Waals surface area contributed by atoms with E-state index in [-0.39, 0.29) is 6.04 Å². The molecule has 0 amide bonds. The van der Waals surface area contributed by atoms with Gasteiger partial charge in [-0.3, -0.25) is 4.98 Å². The third kappa shape index (κ3) is 2.75. The predicted molar refractivity (Wildman–Crippen MR) is 85.6 cm³/mol. The fourth-order valence-corrected chi connectivity index (χ4v) is 2.89. The summed E-state index contributed by atoms with van der Waals surface area (Å²) in [5.74, 6) is 0.900. The third-order valence-corrected chi connectivity index (χ3v) is 3.98. The Morgan fingerprint density at radius 3 is 2.76 bits per heavy atom. The number of pyridine rings is 1. The van der Waals surface area contributed by atoms with Crippen molar-refractivity contribution in [2.75, 3.05) is 0 Å². The molecule has 2 N–H and O–H groups in total. The minimum absolute atomic E-state index is 0.328. The molecule has 0 saturated carbocycles. The van der Waals surface area contributed by atoms with Gasteiger partial charge in [-0.1, -0.05) is 35.3 Å². The number of para-hydroxylation sites is 2. The third-order valence-electron chi connectivity index (χ3n) is 3.47. The summed E-state index contributed by atoms with van der Waals surface area (Å²) in [6.45, 7) is 0. The summed E-state index contributed by atoms with van der Waals surface area (Å²) in [5, 5.41) is 0.979. The van der Waals surface area contributed by atoms with Crippen molar-refractivity contribution < 1.29 is 0 Å². The van der Waals surface area contributed by atoms with Crippen LogP contribution < -0.4 is 5.73 Å². The van der Waals surface area contributed by atoms with Gasteiger partial charge >= 0.3 is 0 Å². The highest BCUT2D eigenvalue weighted by molar-refractivity contribution is 6.34. The molecule has 0 aliphatic heterocycles. The number of nitrogens with two attached hydrogens (primary N) is 1. The average Bonchev–Trinajstić information content (AvgIpc) is 2.76. The van der Waals surface area contributed by atoms with Crippen molar-refractivity contribution >= 4 is 34.2 Å². The molecule has 3 rings (SSSR count). The number of hydrogen-bond acceptors (Lipinski definition) is 3. The molecule has 1 unspecified atom stereocenters. The molecule has 0 aliphatic carbocycles. The molecule has 0 saturated heterocycles. The molecule has 6 heteroatoms. The van der Waals surface area contributed by atoms with Gasteiger partial charge in [0.1, 0.15) is 5.82 Å². The lowest BCUT2D eigenvalue weighted by Crippen LogP contribution is -2.17. The van der Waals surface area contributed by atoms with E-state index in [1.807, 2.05) is 35.9 Å². The number of fused-ring (bicyclic) bond motifs is 1. The standard InChI is InChI=1S/C15H14Cl2N4/c1-21-13-5-3-2-4-12(13)20-14(21)7-11(18)15-10(17)6-9(16)8-19-15/h2-6,8,11H,7,18H2,1H3. The fraction of sp³-hybridized carbons (Fsp3) is 0.200. The largest absolute Gasteiger partial charge is 0.331 e. The Hall–Kier alpha value is -1.62. The molecule has 2 aromatic heterocycles. The maximum atomic E-state index is 6.23. The van der Waals surface area contributed by atoms with Crippen molar-refractivity contribution in [2.24, 2.45) is 12.8 Å². The summed E-state index contributed by atoms with van der Waals surface area (Å²) in [7, 11) is 1.98. The van der Waals surface area contributed by atoms with Crippen LogP contribution >= 0.6 is 23.2 Å². The van der Waals surface area contributed by atoms with Crippen LogP contribution in [0, 0.1) is 0 Å². The number of imidazole rings is 1. The SMILES string of the molecule is Cn1c(CC(N)c2ncc(Cl)cc2Cl)nc2ccccc21. The van der Waals surface area contributed by atoms with Crippen LogP contribution in [0.2, 0.25) is 10.0 Å². The highest BCUT2D eigenvalue weighted by Crippen LogP contribution is 2.25. The van der Waals surface area contributed by atoms with Crippen molar-refractivity contribution in [1.29, 1.82) is 0 Å². The number of benzene rings is 1. The van der Waals surface area contributed by atoms with Crippen molar-refractivity contribution in [1.82, 2.24) is 14.5 Å². The highest BCUT2D eigenvalue weighted by atomic mass is 35.5. The van der Waals surface area contributed by atoms with Crippen molar-refractivity contribution in [3.8, 4) is 0 Å². The first kappa shape index (κ1) is 14.3. The molecule has 0 radical (unpaired) electrons. The summed E-state index contributed by atoms with van der Waals surface area (Å²) >= 11 is 12.0. The molecule has 21 heavy (non-hydrogen) atoms. The van der Waals surface area contributed by atoms with Crippen LogP contribution in [0.5, 0.6) is 0 Å². The van der Waals surface area contributed by atoms with Crippen LogP contribution in [0.4, 0.5) is 0 Å². The van der Waals surface area contributed by atoms with Gasteiger partial charge in [-0.2, -0.15) is 0 Å². The van der Waals surface area contributed by atoms with E-state index >= 15 is 0 Å². The number of halogens is 2. The minimum atomic E-state index is -0.328. The van der Waals surface area contributed by atoms with Gasteiger partial charge in [0.05, 0.1) is 32.8 Å². The molecular weight excluding hydrogens is 307 g/mol. The number of aromatic nitrogens is 3. The quantitative estimate of drug-likeness (QED) is 0.803. The summed E-state index contributed by atoms with van der Waals surface area (Å²) in [4.78, 5) is 8.84. The topological polar surface area (TPSA) is 56.7 Å². The molecule has 1 atom stereocenters. The number of aryl methyl sites for hydroxylation is 1. The summed E-state index contributed by atoms with van der Waals surface area (Å²) in [6, 6.07) is 9.30. The average molecular weight is 321 g/mol. The number of nitrogens with zero attached hydrogens (tertiary/aromatic N) is 3. The van der Waals surface area contributed by atoms with E-state index < -0.39 is 0 Å². The molecule has 108 valence electrons. The lowest BCUT2D eigenvalue weighted by Gasteiger charge is -2.12. The summed E-state index contributed by atoms with van der Waals surface area (Å²) < 4.78 is 2.04. The molecular formula is C15H14Cl2N4. The highest BCUT2D eigenvalue weighted by Gasteiger charge is 2.16. The zero-order chi connectivity index (χ0) is 15.0. The van der Waals surface area contributed by atoms with E-state index in [0.29, 0.717) is 22.2 Å².